The molecule has 1 heterocycles. The summed E-state index contributed by atoms with van der Waals surface area (Å²) in [6.45, 7) is 2.90. The molecule has 0 amide bonds. The SMILES string of the molecule is CCOC(=O)c1nn(-c2cccc(Br)c2)c(=O)cc1OS(=O)(=O)c1cc([N+](=O)[O-])ccc1C. The molecule has 0 saturated heterocycles. The van der Waals surface area contributed by atoms with Crippen molar-refractivity contribution >= 4 is 37.7 Å². The number of rotatable bonds is 7. The van der Waals surface area contributed by atoms with Crippen LogP contribution in [0.25, 0.3) is 5.69 Å². The molecule has 2 aromatic carbocycles. The van der Waals surface area contributed by atoms with Crippen LogP contribution >= 0.6 is 15.9 Å². The molecule has 0 spiro atoms. The zero-order valence-corrected chi connectivity index (χ0v) is 19.6. The fourth-order valence-corrected chi connectivity index (χ4v) is 4.34. The molecule has 0 fully saturated rings. The third-order valence-corrected chi connectivity index (χ3v) is 6.14. The van der Waals surface area contributed by atoms with E-state index in [-0.39, 0.29) is 12.2 Å². The van der Waals surface area contributed by atoms with Gasteiger partial charge in [0.25, 0.3) is 11.2 Å². The molecule has 0 aliphatic carbocycles. The van der Waals surface area contributed by atoms with Crippen LogP contribution in [0.3, 0.4) is 0 Å². The van der Waals surface area contributed by atoms with Crippen molar-refractivity contribution in [1.82, 2.24) is 9.78 Å². The quantitative estimate of drug-likeness (QED) is 0.191. The highest BCUT2D eigenvalue weighted by Gasteiger charge is 2.28. The third kappa shape index (κ3) is 5.26. The fraction of sp³-hybridized carbons (Fsp3) is 0.150. The monoisotopic (exact) mass is 537 g/mol. The number of aromatic nitrogens is 2. The van der Waals surface area contributed by atoms with Gasteiger partial charge in [0.1, 0.15) is 4.90 Å². The van der Waals surface area contributed by atoms with Crippen molar-refractivity contribution in [3.05, 3.63) is 84.7 Å². The molecule has 0 radical (unpaired) electrons. The summed E-state index contributed by atoms with van der Waals surface area (Å²) in [4.78, 5) is 35.0. The van der Waals surface area contributed by atoms with E-state index < -0.39 is 48.6 Å². The Kier molecular flexibility index (Phi) is 6.93. The first kappa shape index (κ1) is 24.1. The number of esters is 1. The van der Waals surface area contributed by atoms with Gasteiger partial charge in [0.2, 0.25) is 5.69 Å². The van der Waals surface area contributed by atoms with Gasteiger partial charge in [-0.25, -0.2) is 4.79 Å². The van der Waals surface area contributed by atoms with Crippen molar-refractivity contribution in [2.75, 3.05) is 6.61 Å². The summed E-state index contributed by atoms with van der Waals surface area (Å²) in [6.07, 6.45) is 0. The highest BCUT2D eigenvalue weighted by atomic mass is 79.9. The van der Waals surface area contributed by atoms with E-state index in [2.05, 4.69) is 21.0 Å². The lowest BCUT2D eigenvalue weighted by Crippen LogP contribution is -2.26. The zero-order chi connectivity index (χ0) is 24.3. The average molecular weight is 538 g/mol. The van der Waals surface area contributed by atoms with E-state index in [1.165, 1.54) is 19.9 Å². The topological polar surface area (TPSA) is 148 Å². The summed E-state index contributed by atoms with van der Waals surface area (Å²) in [7, 11) is -4.68. The number of nitro groups is 1. The van der Waals surface area contributed by atoms with Crippen LogP contribution in [0.15, 0.2) is 62.7 Å². The van der Waals surface area contributed by atoms with Gasteiger partial charge in [-0.15, -0.1) is 0 Å². The van der Waals surface area contributed by atoms with Crippen molar-refractivity contribution in [2.24, 2.45) is 0 Å². The van der Waals surface area contributed by atoms with Gasteiger partial charge in [-0.3, -0.25) is 14.9 Å². The lowest BCUT2D eigenvalue weighted by Gasteiger charge is -2.13. The summed E-state index contributed by atoms with van der Waals surface area (Å²) >= 11 is 3.27. The van der Waals surface area contributed by atoms with Crippen LogP contribution in [0.5, 0.6) is 5.75 Å². The van der Waals surface area contributed by atoms with E-state index in [1.807, 2.05) is 0 Å². The number of nitrogens with zero attached hydrogens (tertiary/aromatic N) is 3. The smallest absolute Gasteiger partial charge is 0.362 e. The Hall–Kier alpha value is -3.58. The van der Waals surface area contributed by atoms with Gasteiger partial charge >= 0.3 is 16.1 Å². The number of benzene rings is 2. The van der Waals surface area contributed by atoms with Crippen LogP contribution in [0.1, 0.15) is 23.0 Å². The van der Waals surface area contributed by atoms with Crippen molar-refractivity contribution in [2.45, 2.75) is 18.7 Å². The lowest BCUT2D eigenvalue weighted by atomic mass is 10.2. The number of carbonyl (C=O) groups is 1. The second-order valence-corrected chi connectivity index (χ2v) is 8.98. The van der Waals surface area contributed by atoms with E-state index in [0.717, 1.165) is 22.9 Å². The maximum atomic E-state index is 12.9. The molecule has 3 aromatic rings. The lowest BCUT2D eigenvalue weighted by molar-refractivity contribution is -0.385. The molecular weight excluding hydrogens is 522 g/mol. The third-order valence-electron chi connectivity index (χ3n) is 4.27. The van der Waals surface area contributed by atoms with E-state index in [9.17, 15) is 28.1 Å². The van der Waals surface area contributed by atoms with Crippen molar-refractivity contribution < 1.29 is 27.1 Å². The van der Waals surface area contributed by atoms with Crippen LogP contribution in [0, 0.1) is 17.0 Å². The number of non-ortho nitro benzene ring substituents is 1. The number of ether oxygens (including phenoxy) is 1. The molecule has 0 atom stereocenters. The normalized spacial score (nSPS) is 11.1. The Bertz CT molecular complexity index is 1420. The molecule has 0 aliphatic heterocycles. The van der Waals surface area contributed by atoms with Crippen LogP contribution in [-0.2, 0) is 14.9 Å². The fourth-order valence-electron chi connectivity index (χ4n) is 2.77. The van der Waals surface area contributed by atoms with E-state index in [0.29, 0.717) is 10.2 Å². The Balaban J connectivity index is 2.15. The molecule has 11 nitrogen and oxygen atoms in total. The number of aryl methyl sites for hydroxylation is 1. The maximum Gasteiger partial charge on any atom is 0.362 e. The minimum absolute atomic E-state index is 0.0489. The molecule has 0 bridgehead atoms. The molecule has 0 unspecified atom stereocenters. The minimum atomic E-state index is -4.68. The van der Waals surface area contributed by atoms with E-state index >= 15 is 0 Å². The number of nitro benzene ring substituents is 1. The molecular formula is C20H16BrN3O8S. The largest absolute Gasteiger partial charge is 0.461 e. The van der Waals surface area contributed by atoms with Gasteiger partial charge in [-0.2, -0.15) is 18.2 Å². The Morgan fingerprint density at radius 2 is 1.94 bits per heavy atom. The predicted molar refractivity (Wildman–Crippen MR) is 119 cm³/mol. The van der Waals surface area contributed by atoms with Crippen LogP contribution in [0.2, 0.25) is 0 Å². The summed E-state index contributed by atoms with van der Waals surface area (Å²) in [6, 6.07) is 10.5. The summed E-state index contributed by atoms with van der Waals surface area (Å²) in [5, 5.41) is 15.0. The molecule has 0 saturated carbocycles. The minimum Gasteiger partial charge on any atom is -0.461 e. The van der Waals surface area contributed by atoms with E-state index in [1.54, 1.807) is 24.3 Å². The standard InChI is InChI=1S/C20H16BrN3O8S/c1-3-31-20(26)19-16(11-18(25)23(22-19)14-6-4-5-13(21)9-14)32-33(29,30)17-10-15(24(27)28)8-7-12(17)2/h4-11H,3H2,1-2H3. The Labute approximate surface area is 196 Å². The van der Waals surface area contributed by atoms with Gasteiger partial charge in [-0.1, -0.05) is 28.1 Å². The van der Waals surface area contributed by atoms with Crippen molar-refractivity contribution in [1.29, 1.82) is 0 Å². The second-order valence-electron chi connectivity index (χ2n) is 6.55. The number of hydrogen-bond donors (Lipinski definition) is 0. The zero-order valence-electron chi connectivity index (χ0n) is 17.2. The van der Waals surface area contributed by atoms with Gasteiger partial charge in [0, 0.05) is 16.6 Å². The number of hydrogen-bond acceptors (Lipinski definition) is 9. The first-order chi connectivity index (χ1) is 15.5. The Morgan fingerprint density at radius 3 is 2.58 bits per heavy atom. The van der Waals surface area contributed by atoms with Gasteiger partial charge in [0.05, 0.1) is 23.3 Å². The molecule has 0 N–H and O–H groups in total. The first-order valence-electron chi connectivity index (χ1n) is 9.30. The van der Waals surface area contributed by atoms with Gasteiger partial charge in [0.15, 0.2) is 5.75 Å². The number of carbonyl (C=O) groups excluding carboxylic acids is 1. The summed E-state index contributed by atoms with van der Waals surface area (Å²) in [5.41, 5.74) is -1.38. The summed E-state index contributed by atoms with van der Waals surface area (Å²) < 4.78 is 37.3. The highest BCUT2D eigenvalue weighted by molar-refractivity contribution is 9.10. The van der Waals surface area contributed by atoms with Gasteiger partial charge < -0.3 is 8.92 Å². The van der Waals surface area contributed by atoms with Crippen molar-refractivity contribution in [3.63, 3.8) is 0 Å². The molecule has 3 rings (SSSR count). The predicted octanol–water partition coefficient (Wildman–Crippen LogP) is 3.16. The molecule has 33 heavy (non-hydrogen) atoms. The highest BCUT2D eigenvalue weighted by Crippen LogP contribution is 2.26. The summed E-state index contributed by atoms with van der Waals surface area (Å²) in [5.74, 6) is -1.70. The van der Waals surface area contributed by atoms with Crippen LogP contribution in [-0.4, -0.2) is 35.7 Å². The first-order valence-corrected chi connectivity index (χ1v) is 11.5. The van der Waals surface area contributed by atoms with E-state index in [4.69, 9.17) is 8.92 Å². The van der Waals surface area contributed by atoms with Gasteiger partial charge in [-0.05, 0) is 37.6 Å². The number of halogens is 1. The molecule has 0 aliphatic rings. The second kappa shape index (κ2) is 9.50. The maximum absolute atomic E-state index is 12.9. The van der Waals surface area contributed by atoms with Crippen molar-refractivity contribution in [3.8, 4) is 11.4 Å². The van der Waals surface area contributed by atoms with Crippen LogP contribution in [0.4, 0.5) is 5.69 Å². The average Bonchev–Trinajstić information content (AvgIpc) is 2.73. The van der Waals surface area contributed by atoms with Crippen LogP contribution < -0.4 is 9.74 Å². The molecule has 13 heteroatoms. The molecule has 172 valence electrons. The Morgan fingerprint density at radius 1 is 1.21 bits per heavy atom. The molecule has 1 aromatic heterocycles.